The molecule has 0 spiro atoms. The minimum atomic E-state index is -3.73. The van der Waals surface area contributed by atoms with Gasteiger partial charge in [-0.25, -0.2) is 13.1 Å². The molecule has 6 nitrogen and oxygen atoms in total. The lowest BCUT2D eigenvalue weighted by Gasteiger charge is -2.18. The van der Waals surface area contributed by atoms with Gasteiger partial charge in [0, 0.05) is 18.7 Å². The lowest BCUT2D eigenvalue weighted by molar-refractivity contribution is 0.384. The maximum atomic E-state index is 12.6. The Hall–Kier alpha value is -0.540. The number of nitrogens with two attached hydrogens (primary N) is 1. The van der Waals surface area contributed by atoms with E-state index in [1.165, 1.54) is 26.4 Å². The van der Waals surface area contributed by atoms with Crippen LogP contribution in [0.3, 0.4) is 0 Å². The molecule has 0 bridgehead atoms. The van der Waals surface area contributed by atoms with Gasteiger partial charge in [-0.05, 0) is 28.4 Å². The van der Waals surface area contributed by atoms with E-state index >= 15 is 0 Å². The third kappa shape index (κ3) is 6.11. The minimum Gasteiger partial charge on any atom is -0.495 e. The Bertz CT molecular complexity index is 599. The number of hydrogen-bond acceptors (Lipinski definition) is 5. The molecular formula is C14H24BrClN2O4S. The average Bonchev–Trinajstić information content (AvgIpc) is 2.50. The zero-order chi connectivity index (χ0) is 16.8. The first-order valence-electron chi connectivity index (χ1n) is 7.03. The van der Waals surface area contributed by atoms with E-state index in [2.05, 4.69) is 20.7 Å². The summed E-state index contributed by atoms with van der Waals surface area (Å²) in [6, 6.07) is 2.70. The smallest absolute Gasteiger partial charge is 0.244 e. The second-order valence-electron chi connectivity index (χ2n) is 4.83. The van der Waals surface area contributed by atoms with Gasteiger partial charge in [0.1, 0.15) is 16.4 Å². The Balaban J connectivity index is 0.00000484. The summed E-state index contributed by atoms with van der Waals surface area (Å²) < 4.78 is 38.7. The van der Waals surface area contributed by atoms with E-state index in [-0.39, 0.29) is 35.6 Å². The molecule has 0 radical (unpaired) electrons. The SMILES string of the molecule is CCCCC(CN)NS(=O)(=O)c1cc(Br)c(OC)cc1OC.Cl. The summed E-state index contributed by atoms with van der Waals surface area (Å²) in [6.07, 6.45) is 2.59. The first-order valence-corrected chi connectivity index (χ1v) is 9.31. The summed E-state index contributed by atoms with van der Waals surface area (Å²) >= 11 is 3.29. The van der Waals surface area contributed by atoms with Gasteiger partial charge in [-0.1, -0.05) is 19.8 Å². The zero-order valence-electron chi connectivity index (χ0n) is 13.5. The van der Waals surface area contributed by atoms with E-state index in [0.29, 0.717) is 16.6 Å². The Morgan fingerprint density at radius 3 is 2.35 bits per heavy atom. The van der Waals surface area contributed by atoms with Crippen LogP contribution in [0, 0.1) is 0 Å². The molecule has 1 unspecified atom stereocenters. The van der Waals surface area contributed by atoms with Crippen molar-refractivity contribution in [3.05, 3.63) is 16.6 Å². The van der Waals surface area contributed by atoms with Crippen LogP contribution in [0.2, 0.25) is 0 Å². The molecule has 0 aromatic heterocycles. The number of methoxy groups -OCH3 is 2. The highest BCUT2D eigenvalue weighted by Crippen LogP contribution is 2.35. The monoisotopic (exact) mass is 430 g/mol. The van der Waals surface area contributed by atoms with E-state index in [9.17, 15) is 8.42 Å². The Labute approximate surface area is 152 Å². The first-order chi connectivity index (χ1) is 10.4. The molecule has 9 heteroatoms. The highest BCUT2D eigenvalue weighted by molar-refractivity contribution is 9.10. The maximum Gasteiger partial charge on any atom is 0.244 e. The third-order valence-corrected chi connectivity index (χ3v) is 5.40. The van der Waals surface area contributed by atoms with Crippen LogP contribution < -0.4 is 19.9 Å². The van der Waals surface area contributed by atoms with Crippen molar-refractivity contribution in [2.24, 2.45) is 5.73 Å². The van der Waals surface area contributed by atoms with E-state index in [1.807, 2.05) is 6.92 Å². The number of hydrogen-bond donors (Lipinski definition) is 2. The molecule has 0 fully saturated rings. The average molecular weight is 432 g/mol. The molecule has 0 aliphatic carbocycles. The van der Waals surface area contributed by atoms with Gasteiger partial charge in [0.05, 0.1) is 18.7 Å². The number of unbranched alkanes of at least 4 members (excludes halogenated alkanes) is 1. The van der Waals surface area contributed by atoms with Gasteiger partial charge in [-0.3, -0.25) is 0 Å². The molecule has 3 N–H and O–H groups in total. The number of sulfonamides is 1. The van der Waals surface area contributed by atoms with Crippen LogP contribution in [0.4, 0.5) is 0 Å². The van der Waals surface area contributed by atoms with Crippen LogP contribution in [0.15, 0.2) is 21.5 Å². The Kier molecular flexibility index (Phi) is 10.1. The second kappa shape index (κ2) is 10.4. The molecule has 0 saturated carbocycles. The van der Waals surface area contributed by atoms with Crippen LogP contribution in [0.5, 0.6) is 11.5 Å². The summed E-state index contributed by atoms with van der Waals surface area (Å²) in [6.45, 7) is 2.30. The van der Waals surface area contributed by atoms with Crippen molar-refractivity contribution in [1.29, 1.82) is 0 Å². The van der Waals surface area contributed by atoms with E-state index < -0.39 is 10.0 Å². The quantitative estimate of drug-likeness (QED) is 0.627. The fourth-order valence-electron chi connectivity index (χ4n) is 2.00. The summed E-state index contributed by atoms with van der Waals surface area (Å²) in [4.78, 5) is 0.0534. The number of ether oxygens (including phenoxy) is 2. The fraction of sp³-hybridized carbons (Fsp3) is 0.571. The van der Waals surface area contributed by atoms with Crippen molar-refractivity contribution in [3.8, 4) is 11.5 Å². The van der Waals surface area contributed by atoms with Crippen LogP contribution >= 0.6 is 28.3 Å². The summed E-state index contributed by atoms with van der Waals surface area (Å²) in [5, 5.41) is 0. The van der Waals surface area contributed by atoms with Crippen LogP contribution in [0.1, 0.15) is 26.2 Å². The standard InChI is InChI=1S/C14H23BrN2O4S.ClH/c1-4-5-6-10(9-16)17-22(18,19)14-7-11(15)12(20-2)8-13(14)21-3;/h7-8,10,17H,4-6,9,16H2,1-3H3;1H. The fourth-order valence-corrected chi connectivity index (χ4v) is 4.12. The van der Waals surface area contributed by atoms with Crippen molar-refractivity contribution in [2.45, 2.75) is 37.1 Å². The molecule has 23 heavy (non-hydrogen) atoms. The summed E-state index contributed by atoms with van der Waals surface area (Å²) in [5.74, 6) is 0.718. The van der Waals surface area contributed by atoms with Crippen molar-refractivity contribution < 1.29 is 17.9 Å². The highest BCUT2D eigenvalue weighted by atomic mass is 79.9. The van der Waals surface area contributed by atoms with Gasteiger partial charge in [-0.15, -0.1) is 12.4 Å². The number of benzene rings is 1. The van der Waals surface area contributed by atoms with Gasteiger partial charge in [-0.2, -0.15) is 0 Å². The molecule has 1 aromatic rings. The highest BCUT2D eigenvalue weighted by Gasteiger charge is 2.24. The predicted molar refractivity (Wildman–Crippen MR) is 97.2 cm³/mol. The molecule has 0 aliphatic rings. The van der Waals surface area contributed by atoms with Crippen LogP contribution in [-0.2, 0) is 10.0 Å². The van der Waals surface area contributed by atoms with Crippen molar-refractivity contribution in [2.75, 3.05) is 20.8 Å². The molecule has 1 atom stereocenters. The van der Waals surface area contributed by atoms with Gasteiger partial charge in [0.2, 0.25) is 10.0 Å². The van der Waals surface area contributed by atoms with Gasteiger partial charge >= 0.3 is 0 Å². The molecule has 0 saturated heterocycles. The normalized spacial score (nSPS) is 12.4. The van der Waals surface area contributed by atoms with Crippen molar-refractivity contribution >= 4 is 38.4 Å². The van der Waals surface area contributed by atoms with Crippen LogP contribution in [-0.4, -0.2) is 35.2 Å². The molecule has 0 amide bonds. The van der Waals surface area contributed by atoms with Crippen molar-refractivity contribution in [1.82, 2.24) is 4.72 Å². The first kappa shape index (κ1) is 22.5. The van der Waals surface area contributed by atoms with E-state index in [0.717, 1.165) is 12.8 Å². The van der Waals surface area contributed by atoms with Gasteiger partial charge in [0.15, 0.2) is 0 Å². The molecule has 1 aromatic carbocycles. The van der Waals surface area contributed by atoms with E-state index in [1.54, 1.807) is 0 Å². The molecular weight excluding hydrogens is 408 g/mol. The lowest BCUT2D eigenvalue weighted by Crippen LogP contribution is -2.40. The Morgan fingerprint density at radius 1 is 1.26 bits per heavy atom. The molecule has 0 aliphatic heterocycles. The Morgan fingerprint density at radius 2 is 1.87 bits per heavy atom. The topological polar surface area (TPSA) is 90.7 Å². The minimum absolute atomic E-state index is 0. The largest absolute Gasteiger partial charge is 0.495 e. The number of nitrogens with one attached hydrogen (secondary N) is 1. The predicted octanol–water partition coefficient (Wildman–Crippen LogP) is 2.68. The number of halogens is 2. The van der Waals surface area contributed by atoms with Gasteiger partial charge < -0.3 is 15.2 Å². The van der Waals surface area contributed by atoms with Gasteiger partial charge in [0.25, 0.3) is 0 Å². The second-order valence-corrected chi connectivity index (χ2v) is 7.37. The maximum absolute atomic E-state index is 12.6. The van der Waals surface area contributed by atoms with Crippen molar-refractivity contribution in [3.63, 3.8) is 0 Å². The molecule has 134 valence electrons. The third-order valence-electron chi connectivity index (χ3n) is 3.24. The zero-order valence-corrected chi connectivity index (χ0v) is 16.7. The molecule has 1 rings (SSSR count). The van der Waals surface area contributed by atoms with Crippen LogP contribution in [0.25, 0.3) is 0 Å². The lowest BCUT2D eigenvalue weighted by atomic mass is 10.1. The summed E-state index contributed by atoms with van der Waals surface area (Å²) in [5.41, 5.74) is 5.66. The van der Waals surface area contributed by atoms with E-state index in [4.69, 9.17) is 15.2 Å². The number of rotatable bonds is 9. The summed E-state index contributed by atoms with van der Waals surface area (Å²) in [7, 11) is -0.816. The molecule has 0 heterocycles.